The average Bonchev–Trinajstić information content (AvgIpc) is 2.88. The third-order valence-electron chi connectivity index (χ3n) is 8.64. The van der Waals surface area contributed by atoms with Gasteiger partial charge in [0.2, 0.25) is 0 Å². The number of hydrogen-bond acceptors (Lipinski definition) is 6. The fourth-order valence-corrected chi connectivity index (χ4v) is 6.38. The van der Waals surface area contributed by atoms with Gasteiger partial charge in [0.1, 0.15) is 11.9 Å². The van der Waals surface area contributed by atoms with Crippen LogP contribution in [0.15, 0.2) is 30.3 Å². The second-order valence-corrected chi connectivity index (χ2v) is 12.3. The first-order valence-corrected chi connectivity index (χ1v) is 14.8. The van der Waals surface area contributed by atoms with Crippen molar-refractivity contribution in [3.63, 3.8) is 0 Å². The van der Waals surface area contributed by atoms with Crippen LogP contribution < -0.4 is 5.32 Å². The third kappa shape index (κ3) is 6.64. The largest absolute Gasteiger partial charge is 0.480 e. The zero-order valence-electron chi connectivity index (χ0n) is 23.9. The van der Waals surface area contributed by atoms with Gasteiger partial charge in [0, 0.05) is 38.5 Å². The van der Waals surface area contributed by atoms with E-state index in [2.05, 4.69) is 43.4 Å². The molecule has 1 aromatic heterocycles. The zero-order chi connectivity index (χ0) is 27.4. The smallest absolute Gasteiger partial charge is 0.325 e. The Morgan fingerprint density at radius 2 is 2.05 bits per heavy atom. The van der Waals surface area contributed by atoms with Crippen LogP contribution in [0.5, 0.6) is 0 Å². The lowest BCUT2D eigenvalue weighted by molar-refractivity contribution is -0.151. The van der Waals surface area contributed by atoms with E-state index < -0.39 is 12.0 Å². The standard InChI is InChI=1S/C32H45N3O4/c1-22-11-14-26(29-32(2,3)15-8-18-39-29)27(19-22)28(31(36)37)35-20-25(21-35)38-17-6-4-5-10-24-13-12-23-9-7-16-33-30(23)34-24/h11-14,19,25,28-29H,4-10,15-18,20-21H2,1-3H3,(H,33,34)(H,36,37). The summed E-state index contributed by atoms with van der Waals surface area (Å²) in [6.07, 6.45) is 8.63. The Kier molecular flexibility index (Phi) is 8.89. The summed E-state index contributed by atoms with van der Waals surface area (Å²) in [7, 11) is 0. The summed E-state index contributed by atoms with van der Waals surface area (Å²) in [6, 6.07) is 9.92. The van der Waals surface area contributed by atoms with Crippen molar-refractivity contribution in [3.8, 4) is 0 Å². The molecule has 4 heterocycles. The fraction of sp³-hybridized carbons (Fsp3) is 0.625. The van der Waals surface area contributed by atoms with Crippen molar-refractivity contribution < 1.29 is 19.4 Å². The molecule has 2 aromatic rings. The molecule has 2 unspecified atom stereocenters. The van der Waals surface area contributed by atoms with E-state index in [1.165, 1.54) is 12.0 Å². The van der Waals surface area contributed by atoms with E-state index in [9.17, 15) is 9.90 Å². The summed E-state index contributed by atoms with van der Waals surface area (Å²) >= 11 is 0. The second-order valence-electron chi connectivity index (χ2n) is 12.3. The first kappa shape index (κ1) is 28.1. The Hall–Kier alpha value is -2.48. The molecule has 5 rings (SSSR count). The molecule has 0 amide bonds. The highest BCUT2D eigenvalue weighted by atomic mass is 16.5. The first-order chi connectivity index (χ1) is 18.8. The molecule has 1 aromatic carbocycles. The molecule has 2 atom stereocenters. The van der Waals surface area contributed by atoms with Crippen LogP contribution in [0.4, 0.5) is 5.82 Å². The van der Waals surface area contributed by atoms with Gasteiger partial charge in [0.05, 0.1) is 12.2 Å². The van der Waals surface area contributed by atoms with Gasteiger partial charge in [-0.25, -0.2) is 4.98 Å². The topological polar surface area (TPSA) is 83.9 Å². The number of carbonyl (C=O) groups is 1. The van der Waals surface area contributed by atoms with Crippen molar-refractivity contribution in [2.75, 3.05) is 38.2 Å². The van der Waals surface area contributed by atoms with Crippen LogP contribution in [0.3, 0.4) is 0 Å². The molecule has 212 valence electrons. The highest BCUT2D eigenvalue weighted by Crippen LogP contribution is 2.46. The zero-order valence-corrected chi connectivity index (χ0v) is 23.9. The molecular weight excluding hydrogens is 490 g/mol. The number of unbranched alkanes of at least 4 members (excludes halogenated alkanes) is 2. The van der Waals surface area contributed by atoms with Crippen molar-refractivity contribution in [3.05, 3.63) is 58.3 Å². The SMILES string of the molecule is Cc1ccc(C2OCCCC2(C)C)c(C(C(=O)O)N2CC(OCCCCCc3ccc4c(n3)NCCC4)C2)c1. The van der Waals surface area contributed by atoms with Gasteiger partial charge < -0.3 is 19.9 Å². The number of fused-ring (bicyclic) bond motifs is 1. The molecule has 2 N–H and O–H groups in total. The quantitative estimate of drug-likeness (QED) is 0.348. The van der Waals surface area contributed by atoms with Crippen LogP contribution in [0.1, 0.15) is 92.5 Å². The molecule has 3 aliphatic rings. The number of hydrogen-bond donors (Lipinski definition) is 2. The number of carboxylic acid groups (broad SMARTS) is 1. The van der Waals surface area contributed by atoms with Crippen molar-refractivity contribution in [1.29, 1.82) is 0 Å². The van der Waals surface area contributed by atoms with Gasteiger partial charge >= 0.3 is 5.97 Å². The minimum absolute atomic E-state index is 0.0290. The van der Waals surface area contributed by atoms with E-state index in [1.807, 2.05) is 17.9 Å². The van der Waals surface area contributed by atoms with Crippen molar-refractivity contribution in [2.45, 2.75) is 90.4 Å². The molecule has 0 radical (unpaired) electrons. The third-order valence-corrected chi connectivity index (χ3v) is 8.64. The molecule has 3 aliphatic heterocycles. The van der Waals surface area contributed by atoms with E-state index in [4.69, 9.17) is 14.5 Å². The molecule has 39 heavy (non-hydrogen) atoms. The van der Waals surface area contributed by atoms with Gasteiger partial charge in [-0.05, 0) is 80.0 Å². The lowest BCUT2D eigenvalue weighted by Gasteiger charge is -2.44. The number of pyridine rings is 1. The monoisotopic (exact) mass is 535 g/mol. The Morgan fingerprint density at radius 1 is 1.21 bits per heavy atom. The van der Waals surface area contributed by atoms with Gasteiger partial charge in [-0.1, -0.05) is 50.1 Å². The first-order valence-electron chi connectivity index (χ1n) is 14.8. The van der Waals surface area contributed by atoms with Crippen molar-refractivity contribution in [2.24, 2.45) is 5.41 Å². The maximum absolute atomic E-state index is 12.5. The molecule has 0 saturated carbocycles. The number of aryl methyl sites for hydroxylation is 3. The Bertz CT molecular complexity index is 1140. The molecule has 0 bridgehead atoms. The molecule has 0 aliphatic carbocycles. The predicted octanol–water partition coefficient (Wildman–Crippen LogP) is 5.87. The van der Waals surface area contributed by atoms with Crippen LogP contribution in [-0.4, -0.2) is 59.9 Å². The van der Waals surface area contributed by atoms with E-state index >= 15 is 0 Å². The van der Waals surface area contributed by atoms with Crippen LogP contribution in [0, 0.1) is 12.3 Å². The summed E-state index contributed by atoms with van der Waals surface area (Å²) in [5.41, 5.74) is 5.43. The summed E-state index contributed by atoms with van der Waals surface area (Å²) in [5.74, 6) is 0.268. The number of aliphatic carboxylic acids is 1. The van der Waals surface area contributed by atoms with Gasteiger partial charge in [0.15, 0.2) is 0 Å². The van der Waals surface area contributed by atoms with Crippen LogP contribution in [0.25, 0.3) is 0 Å². The summed E-state index contributed by atoms with van der Waals surface area (Å²) in [4.78, 5) is 19.4. The summed E-state index contributed by atoms with van der Waals surface area (Å²) in [6.45, 7) is 10.2. The molecule has 2 saturated heterocycles. The highest BCUT2D eigenvalue weighted by molar-refractivity contribution is 5.76. The van der Waals surface area contributed by atoms with E-state index in [0.717, 1.165) is 92.9 Å². The minimum atomic E-state index is -0.806. The highest BCUT2D eigenvalue weighted by Gasteiger charge is 2.42. The molecule has 2 fully saturated rings. The number of nitrogens with zero attached hydrogens (tertiary/aromatic N) is 2. The number of ether oxygens (including phenoxy) is 2. The van der Waals surface area contributed by atoms with Crippen LogP contribution in [0.2, 0.25) is 0 Å². The van der Waals surface area contributed by atoms with E-state index in [-0.39, 0.29) is 17.6 Å². The minimum Gasteiger partial charge on any atom is -0.480 e. The number of rotatable bonds is 11. The molecule has 7 heteroatoms. The summed E-state index contributed by atoms with van der Waals surface area (Å²) in [5, 5.41) is 13.7. The van der Waals surface area contributed by atoms with Gasteiger partial charge in [-0.15, -0.1) is 0 Å². The number of likely N-dealkylation sites (tertiary alicyclic amines) is 1. The van der Waals surface area contributed by atoms with Crippen LogP contribution >= 0.6 is 0 Å². The molecular formula is C32H45N3O4. The fourth-order valence-electron chi connectivity index (χ4n) is 6.38. The van der Waals surface area contributed by atoms with Crippen molar-refractivity contribution >= 4 is 11.8 Å². The number of aromatic nitrogens is 1. The maximum Gasteiger partial charge on any atom is 0.325 e. The number of carboxylic acids is 1. The maximum atomic E-state index is 12.5. The Morgan fingerprint density at radius 3 is 2.85 bits per heavy atom. The predicted molar refractivity (Wildman–Crippen MR) is 153 cm³/mol. The average molecular weight is 536 g/mol. The second kappa shape index (κ2) is 12.4. The Labute approximate surface area is 233 Å². The summed E-state index contributed by atoms with van der Waals surface area (Å²) < 4.78 is 12.4. The van der Waals surface area contributed by atoms with Gasteiger partial charge in [0.25, 0.3) is 0 Å². The lowest BCUT2D eigenvalue weighted by atomic mass is 9.75. The number of nitrogens with one attached hydrogen (secondary N) is 1. The number of anilines is 1. The van der Waals surface area contributed by atoms with Gasteiger partial charge in [-0.2, -0.15) is 0 Å². The van der Waals surface area contributed by atoms with Gasteiger partial charge in [-0.3, -0.25) is 9.69 Å². The normalized spacial score (nSPS) is 22.0. The van der Waals surface area contributed by atoms with E-state index in [1.54, 1.807) is 0 Å². The Balaban J connectivity index is 1.10. The van der Waals surface area contributed by atoms with Crippen LogP contribution in [-0.2, 0) is 27.1 Å². The lowest BCUT2D eigenvalue weighted by Crippen LogP contribution is -2.55. The van der Waals surface area contributed by atoms with E-state index in [0.29, 0.717) is 13.1 Å². The molecule has 0 spiro atoms. The molecule has 7 nitrogen and oxygen atoms in total. The van der Waals surface area contributed by atoms with Crippen molar-refractivity contribution in [1.82, 2.24) is 9.88 Å². The number of benzene rings is 1.